The normalized spacial score (nSPS) is 34.2. The highest BCUT2D eigenvalue weighted by Gasteiger charge is 2.48. The molecule has 2 rings (SSSR count). The van der Waals surface area contributed by atoms with Crippen LogP contribution in [0.2, 0.25) is 0 Å². The number of hydrogen-bond acceptors (Lipinski definition) is 4. The van der Waals surface area contributed by atoms with E-state index in [1.165, 1.54) is 0 Å². The third kappa shape index (κ3) is 3.87. The summed E-state index contributed by atoms with van der Waals surface area (Å²) in [5.74, 6) is 5.84. The summed E-state index contributed by atoms with van der Waals surface area (Å²) in [4.78, 5) is 11.3. The Balaban J connectivity index is 1.91. The molecule has 116 valence electrons. The highest BCUT2D eigenvalue weighted by Crippen LogP contribution is 2.42. The highest BCUT2D eigenvalue weighted by atomic mass is 16.6. The van der Waals surface area contributed by atoms with E-state index >= 15 is 0 Å². The van der Waals surface area contributed by atoms with Crippen molar-refractivity contribution in [1.82, 2.24) is 0 Å². The van der Waals surface area contributed by atoms with E-state index in [0.717, 1.165) is 6.42 Å². The second-order valence-electron chi connectivity index (χ2n) is 6.04. The van der Waals surface area contributed by atoms with E-state index in [1.54, 1.807) is 6.08 Å². The van der Waals surface area contributed by atoms with Crippen LogP contribution < -0.4 is 0 Å². The van der Waals surface area contributed by atoms with Gasteiger partial charge in [0.25, 0.3) is 0 Å². The predicted molar refractivity (Wildman–Crippen MR) is 79.1 cm³/mol. The Hall–Kier alpha value is -1.31. The second kappa shape index (κ2) is 7.11. The molecule has 21 heavy (non-hydrogen) atoms. The van der Waals surface area contributed by atoms with Gasteiger partial charge in [-0.05, 0) is 5.92 Å². The third-order valence-corrected chi connectivity index (χ3v) is 4.41. The van der Waals surface area contributed by atoms with Crippen LogP contribution in [0.5, 0.6) is 0 Å². The fraction of sp³-hybridized carbons (Fsp3) is 0.706. The van der Waals surface area contributed by atoms with Gasteiger partial charge in [-0.2, -0.15) is 0 Å². The van der Waals surface area contributed by atoms with E-state index in [0.29, 0.717) is 19.3 Å². The molecule has 1 unspecified atom stereocenters. The zero-order valence-electron chi connectivity index (χ0n) is 12.7. The molecule has 1 saturated carbocycles. The topological polar surface area (TPSA) is 66.8 Å². The van der Waals surface area contributed by atoms with Crippen molar-refractivity contribution in [3.05, 3.63) is 12.2 Å². The Bertz CT molecular complexity index is 459. The second-order valence-corrected chi connectivity index (χ2v) is 6.04. The van der Waals surface area contributed by atoms with Crippen LogP contribution in [0.1, 0.15) is 39.5 Å². The van der Waals surface area contributed by atoms with E-state index < -0.39 is 12.2 Å². The number of carbonyl (C=O) groups is 1. The number of esters is 1. The monoisotopic (exact) mass is 292 g/mol. The minimum atomic E-state index is -0.583. The molecule has 0 aromatic carbocycles. The number of ether oxygens (including phenoxy) is 1. The van der Waals surface area contributed by atoms with Gasteiger partial charge in [-0.1, -0.05) is 26.0 Å². The van der Waals surface area contributed by atoms with Crippen LogP contribution in [-0.4, -0.2) is 34.5 Å². The predicted octanol–water partition coefficient (Wildman–Crippen LogP) is 1.66. The largest absolute Gasteiger partial charge is 0.462 e. The SMILES string of the molecule is CCC#CC[C@H](C)C(O)/C=C/[C@@H]1[C@H]2CC(=O)O[C@H]2C[C@H]1O. The molecule has 2 aliphatic rings. The lowest BCUT2D eigenvalue weighted by atomic mass is 9.90. The maximum Gasteiger partial charge on any atom is 0.306 e. The van der Waals surface area contributed by atoms with E-state index in [-0.39, 0.29) is 29.8 Å². The summed E-state index contributed by atoms with van der Waals surface area (Å²) >= 11 is 0. The molecule has 0 spiro atoms. The van der Waals surface area contributed by atoms with Crippen molar-refractivity contribution in [2.24, 2.45) is 17.8 Å². The third-order valence-electron chi connectivity index (χ3n) is 4.41. The Morgan fingerprint density at radius 3 is 2.95 bits per heavy atom. The summed E-state index contributed by atoms with van der Waals surface area (Å²) in [5, 5.41) is 20.2. The van der Waals surface area contributed by atoms with Crippen LogP contribution in [0.3, 0.4) is 0 Å². The zero-order chi connectivity index (χ0) is 15.4. The minimum Gasteiger partial charge on any atom is -0.462 e. The average Bonchev–Trinajstić information content (AvgIpc) is 2.91. The Morgan fingerprint density at radius 1 is 1.48 bits per heavy atom. The Labute approximate surface area is 126 Å². The molecule has 0 amide bonds. The van der Waals surface area contributed by atoms with Crippen molar-refractivity contribution in [2.75, 3.05) is 0 Å². The fourth-order valence-electron chi connectivity index (χ4n) is 3.10. The first-order chi connectivity index (χ1) is 10.0. The molecule has 1 heterocycles. The number of aliphatic hydroxyl groups excluding tert-OH is 2. The van der Waals surface area contributed by atoms with Gasteiger partial charge < -0.3 is 14.9 Å². The quantitative estimate of drug-likeness (QED) is 0.470. The summed E-state index contributed by atoms with van der Waals surface area (Å²) in [5.41, 5.74) is 0. The van der Waals surface area contributed by atoms with Crippen LogP contribution >= 0.6 is 0 Å². The summed E-state index contributed by atoms with van der Waals surface area (Å²) < 4.78 is 5.19. The van der Waals surface area contributed by atoms with Crippen LogP contribution in [0, 0.1) is 29.6 Å². The van der Waals surface area contributed by atoms with Crippen molar-refractivity contribution < 1.29 is 19.7 Å². The van der Waals surface area contributed by atoms with E-state index in [1.807, 2.05) is 19.9 Å². The Kier molecular flexibility index (Phi) is 5.44. The maximum absolute atomic E-state index is 11.3. The number of hydrogen-bond donors (Lipinski definition) is 2. The molecule has 0 bridgehead atoms. The first kappa shape index (κ1) is 16.1. The summed E-state index contributed by atoms with van der Waals surface area (Å²) in [7, 11) is 0. The van der Waals surface area contributed by atoms with Crippen LogP contribution in [0.4, 0.5) is 0 Å². The molecular weight excluding hydrogens is 268 g/mol. The molecule has 0 aromatic rings. The standard InChI is InChI=1S/C17H24O4/c1-3-4-5-6-11(2)14(18)8-7-12-13-9-17(20)21-16(13)10-15(12)19/h7-8,11-16,18-19H,3,6,9-10H2,1-2H3/b8-7+/t11-,12+,13+,14?,15+,16-/m0/s1. The van der Waals surface area contributed by atoms with Crippen LogP contribution in [0.25, 0.3) is 0 Å². The molecule has 2 fully saturated rings. The lowest BCUT2D eigenvalue weighted by Gasteiger charge is -2.17. The lowest BCUT2D eigenvalue weighted by Crippen LogP contribution is -2.20. The zero-order valence-corrected chi connectivity index (χ0v) is 12.7. The summed E-state index contributed by atoms with van der Waals surface area (Å²) in [6.45, 7) is 3.95. The van der Waals surface area contributed by atoms with Gasteiger partial charge in [-0.25, -0.2) is 0 Å². The van der Waals surface area contributed by atoms with Gasteiger partial charge in [-0.3, -0.25) is 4.79 Å². The number of fused-ring (bicyclic) bond motifs is 1. The molecule has 1 aliphatic carbocycles. The molecular formula is C17H24O4. The highest BCUT2D eigenvalue weighted by molar-refractivity contribution is 5.72. The van der Waals surface area contributed by atoms with Crippen molar-refractivity contribution in [1.29, 1.82) is 0 Å². The Morgan fingerprint density at radius 2 is 2.24 bits per heavy atom. The molecule has 1 aliphatic heterocycles. The molecule has 4 heteroatoms. The van der Waals surface area contributed by atoms with Gasteiger partial charge in [0.2, 0.25) is 0 Å². The van der Waals surface area contributed by atoms with E-state index in [9.17, 15) is 15.0 Å². The van der Waals surface area contributed by atoms with Gasteiger partial charge in [-0.15, -0.1) is 11.8 Å². The van der Waals surface area contributed by atoms with E-state index in [4.69, 9.17) is 4.74 Å². The maximum atomic E-state index is 11.3. The molecule has 6 atom stereocenters. The van der Waals surface area contributed by atoms with E-state index in [2.05, 4.69) is 11.8 Å². The van der Waals surface area contributed by atoms with Gasteiger partial charge in [0.05, 0.1) is 18.6 Å². The van der Waals surface area contributed by atoms with Crippen molar-refractivity contribution >= 4 is 5.97 Å². The smallest absolute Gasteiger partial charge is 0.306 e. The summed E-state index contributed by atoms with van der Waals surface area (Å²) in [6.07, 6.45) is 4.69. The van der Waals surface area contributed by atoms with Gasteiger partial charge in [0.15, 0.2) is 0 Å². The molecule has 2 N–H and O–H groups in total. The van der Waals surface area contributed by atoms with Gasteiger partial charge in [0.1, 0.15) is 6.10 Å². The van der Waals surface area contributed by atoms with Crippen molar-refractivity contribution in [2.45, 2.75) is 57.8 Å². The fourth-order valence-corrected chi connectivity index (χ4v) is 3.10. The van der Waals surface area contributed by atoms with Gasteiger partial charge in [0, 0.05) is 31.1 Å². The average molecular weight is 292 g/mol. The van der Waals surface area contributed by atoms with Gasteiger partial charge >= 0.3 is 5.97 Å². The summed E-state index contributed by atoms with van der Waals surface area (Å²) in [6, 6.07) is 0. The molecule has 0 radical (unpaired) electrons. The van der Waals surface area contributed by atoms with Crippen molar-refractivity contribution in [3.63, 3.8) is 0 Å². The lowest BCUT2D eigenvalue weighted by molar-refractivity contribution is -0.141. The molecule has 0 aromatic heterocycles. The first-order valence-electron chi connectivity index (χ1n) is 7.72. The van der Waals surface area contributed by atoms with Crippen LogP contribution in [-0.2, 0) is 9.53 Å². The van der Waals surface area contributed by atoms with Crippen LogP contribution in [0.15, 0.2) is 12.2 Å². The number of rotatable bonds is 4. The molecule has 1 saturated heterocycles. The molecule has 4 nitrogen and oxygen atoms in total. The number of aliphatic hydroxyl groups is 2. The minimum absolute atomic E-state index is 0.0474. The van der Waals surface area contributed by atoms with Crippen molar-refractivity contribution in [3.8, 4) is 11.8 Å². The first-order valence-corrected chi connectivity index (χ1v) is 7.72. The number of carbonyl (C=O) groups excluding carboxylic acids is 1.